The maximum atomic E-state index is 4.49. The van der Waals surface area contributed by atoms with Crippen LogP contribution in [0.25, 0.3) is 0 Å². The molecule has 4 aliphatic rings. The Hall–Kier alpha value is -0.810. The maximum Gasteiger partial charge on any atom is 0.193 e. The van der Waals surface area contributed by atoms with Crippen molar-refractivity contribution in [2.75, 3.05) is 59.4 Å². The van der Waals surface area contributed by atoms with Crippen LogP contribution in [-0.2, 0) is 0 Å². The van der Waals surface area contributed by atoms with Crippen LogP contribution in [0.2, 0.25) is 0 Å². The van der Waals surface area contributed by atoms with E-state index < -0.39 is 0 Å². The molecule has 5 heteroatoms. The van der Waals surface area contributed by atoms with Gasteiger partial charge in [-0.15, -0.1) is 0 Å². The van der Waals surface area contributed by atoms with Crippen molar-refractivity contribution >= 4 is 5.96 Å². The van der Waals surface area contributed by atoms with Crippen LogP contribution in [0, 0.1) is 5.92 Å². The zero-order chi connectivity index (χ0) is 13.9. The number of fused-ring (bicyclic) bond motifs is 3. The summed E-state index contributed by atoms with van der Waals surface area (Å²) >= 11 is 0. The first-order valence-corrected chi connectivity index (χ1v) is 8.18. The Kier molecular flexibility index (Phi) is 4.46. The number of likely N-dealkylation sites (tertiary alicyclic amines) is 1. The molecule has 114 valence electrons. The monoisotopic (exact) mass is 279 g/mol. The second kappa shape index (κ2) is 6.31. The van der Waals surface area contributed by atoms with E-state index >= 15 is 0 Å². The number of piperidine rings is 1. The van der Waals surface area contributed by atoms with E-state index in [1.807, 2.05) is 7.05 Å². The van der Waals surface area contributed by atoms with Gasteiger partial charge in [0.2, 0.25) is 0 Å². The zero-order valence-electron chi connectivity index (χ0n) is 13.0. The molecule has 0 aromatic heterocycles. The number of aliphatic imine (C=N–C) groups is 1. The minimum Gasteiger partial charge on any atom is -0.355 e. The number of rotatable bonds is 2. The highest BCUT2D eigenvalue weighted by Crippen LogP contribution is 2.17. The van der Waals surface area contributed by atoms with Crippen LogP contribution < -0.4 is 5.32 Å². The van der Waals surface area contributed by atoms with E-state index in [0.29, 0.717) is 6.04 Å². The molecular weight excluding hydrogens is 250 g/mol. The maximum absolute atomic E-state index is 4.49. The second-order valence-electron chi connectivity index (χ2n) is 6.61. The van der Waals surface area contributed by atoms with Gasteiger partial charge in [0, 0.05) is 65.4 Å². The molecule has 2 unspecified atom stereocenters. The van der Waals surface area contributed by atoms with Crippen molar-refractivity contribution in [1.82, 2.24) is 20.0 Å². The van der Waals surface area contributed by atoms with Crippen LogP contribution in [0.3, 0.4) is 0 Å². The molecule has 20 heavy (non-hydrogen) atoms. The lowest BCUT2D eigenvalue weighted by Gasteiger charge is -2.47. The van der Waals surface area contributed by atoms with Crippen LogP contribution >= 0.6 is 0 Å². The second-order valence-corrected chi connectivity index (χ2v) is 6.61. The lowest BCUT2D eigenvalue weighted by atomic mass is 10.0. The molecular formula is C15H29N5. The van der Waals surface area contributed by atoms with Gasteiger partial charge in [-0.3, -0.25) is 14.8 Å². The Morgan fingerprint density at radius 2 is 1.95 bits per heavy atom. The molecule has 4 rings (SSSR count). The fraction of sp³-hybridized carbons (Fsp3) is 0.933. The van der Waals surface area contributed by atoms with Gasteiger partial charge < -0.3 is 10.2 Å². The molecule has 2 atom stereocenters. The largest absolute Gasteiger partial charge is 0.355 e. The van der Waals surface area contributed by atoms with Gasteiger partial charge in [0.25, 0.3) is 0 Å². The molecule has 0 spiro atoms. The van der Waals surface area contributed by atoms with Crippen molar-refractivity contribution in [2.45, 2.75) is 25.8 Å². The summed E-state index contributed by atoms with van der Waals surface area (Å²) in [6.45, 7) is 11.9. The average Bonchev–Trinajstić information content (AvgIpc) is 2.49. The highest BCUT2D eigenvalue weighted by Gasteiger charge is 2.32. The smallest absolute Gasteiger partial charge is 0.193 e. The van der Waals surface area contributed by atoms with Crippen LogP contribution in [-0.4, -0.2) is 86.1 Å². The molecule has 0 amide bonds. The van der Waals surface area contributed by atoms with Gasteiger partial charge in [-0.25, -0.2) is 0 Å². The van der Waals surface area contributed by atoms with E-state index in [1.54, 1.807) is 0 Å². The van der Waals surface area contributed by atoms with Gasteiger partial charge in [-0.1, -0.05) is 6.92 Å². The Labute approximate surface area is 123 Å². The summed E-state index contributed by atoms with van der Waals surface area (Å²) in [5, 5.41) is 3.62. The van der Waals surface area contributed by atoms with Crippen LogP contribution in [0.5, 0.6) is 0 Å². The summed E-state index contributed by atoms with van der Waals surface area (Å²) < 4.78 is 0. The van der Waals surface area contributed by atoms with E-state index in [-0.39, 0.29) is 0 Å². The molecule has 0 aromatic rings. The summed E-state index contributed by atoms with van der Waals surface area (Å²) in [5.74, 6) is 1.90. The molecule has 0 saturated carbocycles. The first-order valence-electron chi connectivity index (χ1n) is 8.18. The van der Waals surface area contributed by atoms with Crippen molar-refractivity contribution < 1.29 is 0 Å². The Morgan fingerprint density at radius 3 is 2.55 bits per heavy atom. The SMILES string of the molecule is CN=C(NCC1CN2CCN1CC2)N1CCCC(C)C1. The van der Waals surface area contributed by atoms with Gasteiger partial charge in [-0.05, 0) is 18.8 Å². The van der Waals surface area contributed by atoms with E-state index in [2.05, 4.69) is 31.9 Å². The van der Waals surface area contributed by atoms with Crippen molar-refractivity contribution in [2.24, 2.45) is 10.9 Å². The summed E-state index contributed by atoms with van der Waals surface area (Å²) in [5.41, 5.74) is 0. The molecule has 4 aliphatic heterocycles. The molecule has 4 saturated heterocycles. The first kappa shape index (κ1) is 14.1. The van der Waals surface area contributed by atoms with Crippen LogP contribution in [0.4, 0.5) is 0 Å². The van der Waals surface area contributed by atoms with Gasteiger partial charge >= 0.3 is 0 Å². The Balaban J connectivity index is 1.51. The van der Waals surface area contributed by atoms with Gasteiger partial charge in [0.05, 0.1) is 0 Å². The molecule has 0 aromatic carbocycles. The predicted octanol–water partition coefficient (Wildman–Crippen LogP) is 0.294. The third-order valence-corrected chi connectivity index (χ3v) is 5.06. The van der Waals surface area contributed by atoms with Crippen molar-refractivity contribution in [3.05, 3.63) is 0 Å². The molecule has 0 aliphatic carbocycles. The highest BCUT2D eigenvalue weighted by molar-refractivity contribution is 5.80. The number of hydrogen-bond donors (Lipinski definition) is 1. The van der Waals surface area contributed by atoms with Gasteiger partial charge in [0.1, 0.15) is 0 Å². The molecule has 1 N–H and O–H groups in total. The summed E-state index contributed by atoms with van der Waals surface area (Å²) in [6, 6.07) is 0.663. The van der Waals surface area contributed by atoms with E-state index in [1.165, 1.54) is 45.6 Å². The average molecular weight is 279 g/mol. The predicted molar refractivity (Wildman–Crippen MR) is 83.1 cm³/mol. The molecule has 0 radical (unpaired) electrons. The molecule has 2 bridgehead atoms. The Bertz CT molecular complexity index is 348. The lowest BCUT2D eigenvalue weighted by molar-refractivity contribution is 0.0151. The molecule has 5 nitrogen and oxygen atoms in total. The number of nitrogens with one attached hydrogen (secondary N) is 1. The minimum absolute atomic E-state index is 0.663. The fourth-order valence-corrected chi connectivity index (χ4v) is 3.84. The zero-order valence-corrected chi connectivity index (χ0v) is 13.0. The van der Waals surface area contributed by atoms with E-state index in [0.717, 1.165) is 31.5 Å². The van der Waals surface area contributed by atoms with Crippen molar-refractivity contribution in [3.63, 3.8) is 0 Å². The number of guanidine groups is 1. The molecule has 4 heterocycles. The Morgan fingerprint density at radius 1 is 1.15 bits per heavy atom. The number of hydrogen-bond acceptors (Lipinski definition) is 3. The van der Waals surface area contributed by atoms with E-state index in [4.69, 9.17) is 0 Å². The summed E-state index contributed by atoms with van der Waals surface area (Å²) in [6.07, 6.45) is 2.66. The molecule has 4 fully saturated rings. The lowest BCUT2D eigenvalue weighted by Crippen LogP contribution is -2.64. The van der Waals surface area contributed by atoms with Crippen LogP contribution in [0.15, 0.2) is 4.99 Å². The van der Waals surface area contributed by atoms with E-state index in [9.17, 15) is 0 Å². The fourth-order valence-electron chi connectivity index (χ4n) is 3.84. The first-order chi connectivity index (χ1) is 9.76. The summed E-state index contributed by atoms with van der Waals surface area (Å²) in [7, 11) is 1.92. The number of piperazine rings is 3. The van der Waals surface area contributed by atoms with Gasteiger partial charge in [0.15, 0.2) is 5.96 Å². The number of nitrogens with zero attached hydrogens (tertiary/aromatic N) is 4. The highest BCUT2D eigenvalue weighted by atomic mass is 15.4. The minimum atomic E-state index is 0.663. The van der Waals surface area contributed by atoms with Gasteiger partial charge in [-0.2, -0.15) is 0 Å². The third-order valence-electron chi connectivity index (χ3n) is 5.06. The van der Waals surface area contributed by atoms with Crippen molar-refractivity contribution in [1.29, 1.82) is 0 Å². The normalized spacial score (nSPS) is 38.1. The standard InChI is InChI=1S/C15H29N5/c1-13-4-3-5-20(11-13)15(16-2)17-10-14-12-18-6-8-19(14)9-7-18/h13-14H,3-12H2,1-2H3,(H,16,17). The van der Waals surface area contributed by atoms with Crippen molar-refractivity contribution in [3.8, 4) is 0 Å². The quantitative estimate of drug-likeness (QED) is 0.582. The topological polar surface area (TPSA) is 34.1 Å². The van der Waals surface area contributed by atoms with Crippen LogP contribution in [0.1, 0.15) is 19.8 Å². The summed E-state index contributed by atoms with van der Waals surface area (Å²) in [4.78, 5) is 12.2. The third kappa shape index (κ3) is 3.09.